The molecule has 1 aromatic rings. The zero-order chi connectivity index (χ0) is 16.2. The average molecular weight is 345 g/mol. The zero-order valence-corrected chi connectivity index (χ0v) is 14.4. The predicted octanol–water partition coefficient (Wildman–Crippen LogP) is 1.41. The van der Waals surface area contributed by atoms with Crippen molar-refractivity contribution in [1.29, 1.82) is 0 Å². The molecule has 2 rings (SSSR count). The molecule has 0 radical (unpaired) electrons. The minimum atomic E-state index is -3.64. The monoisotopic (exact) mass is 345 g/mol. The molecule has 0 bridgehead atoms. The number of hydrogen-bond acceptors (Lipinski definition) is 5. The summed E-state index contributed by atoms with van der Waals surface area (Å²) in [5, 5.41) is 2.24. The lowest BCUT2D eigenvalue weighted by Crippen LogP contribution is -2.43. The summed E-state index contributed by atoms with van der Waals surface area (Å²) >= 11 is 0. The molecule has 0 aliphatic carbocycles. The Balaban J connectivity index is 2.19. The number of rotatable bonds is 7. The van der Waals surface area contributed by atoms with Gasteiger partial charge in [-0.2, -0.15) is 0 Å². The minimum absolute atomic E-state index is 0.101. The second-order valence-electron chi connectivity index (χ2n) is 5.74. The van der Waals surface area contributed by atoms with Gasteiger partial charge in [-0.25, -0.2) is 16.8 Å². The largest absolute Gasteiger partial charge is 0.312 e. The van der Waals surface area contributed by atoms with E-state index in [-0.39, 0.29) is 16.4 Å². The van der Waals surface area contributed by atoms with Crippen LogP contribution in [0.15, 0.2) is 35.2 Å². The molecule has 0 spiro atoms. The van der Waals surface area contributed by atoms with Gasteiger partial charge in [0.25, 0.3) is 0 Å². The van der Waals surface area contributed by atoms with Crippen molar-refractivity contribution in [3.63, 3.8) is 0 Å². The van der Waals surface area contributed by atoms with Crippen molar-refractivity contribution in [2.75, 3.05) is 18.1 Å². The van der Waals surface area contributed by atoms with Gasteiger partial charge in [-0.15, -0.1) is 0 Å². The summed E-state index contributed by atoms with van der Waals surface area (Å²) in [6.07, 6.45) is 3.03. The van der Waals surface area contributed by atoms with E-state index in [9.17, 15) is 16.8 Å². The predicted molar refractivity (Wildman–Crippen MR) is 87.4 cm³/mol. The molecule has 1 aliphatic heterocycles. The average Bonchev–Trinajstić information content (AvgIpc) is 2.80. The van der Waals surface area contributed by atoms with Crippen LogP contribution in [0.5, 0.6) is 0 Å². The Kier molecular flexibility index (Phi) is 5.63. The molecule has 5 nitrogen and oxygen atoms in total. The molecular weight excluding hydrogens is 322 g/mol. The summed E-state index contributed by atoms with van der Waals surface area (Å²) in [5.74, 6) is -0.397. The van der Waals surface area contributed by atoms with Crippen molar-refractivity contribution < 1.29 is 16.8 Å². The van der Waals surface area contributed by atoms with E-state index in [1.165, 1.54) is 12.1 Å². The van der Waals surface area contributed by atoms with Crippen LogP contribution in [0.25, 0.3) is 0 Å². The zero-order valence-electron chi connectivity index (χ0n) is 12.7. The SMILES string of the molecule is CCCCCNC1CS(=O)(=O)CC1S(=O)(=O)c1ccccc1. The Morgan fingerprint density at radius 2 is 1.82 bits per heavy atom. The Bertz CT molecular complexity index is 684. The maximum Gasteiger partial charge on any atom is 0.183 e. The quantitative estimate of drug-likeness (QED) is 0.756. The van der Waals surface area contributed by atoms with Crippen LogP contribution in [0.4, 0.5) is 0 Å². The van der Waals surface area contributed by atoms with Crippen LogP contribution >= 0.6 is 0 Å². The number of sulfone groups is 2. The van der Waals surface area contributed by atoms with Crippen molar-refractivity contribution in [3.05, 3.63) is 30.3 Å². The van der Waals surface area contributed by atoms with Gasteiger partial charge in [-0.05, 0) is 25.1 Å². The topological polar surface area (TPSA) is 80.3 Å². The first kappa shape index (κ1) is 17.4. The van der Waals surface area contributed by atoms with Gasteiger partial charge in [0.1, 0.15) is 0 Å². The molecule has 2 atom stereocenters. The lowest BCUT2D eigenvalue weighted by molar-refractivity contribution is 0.513. The van der Waals surface area contributed by atoms with Gasteiger partial charge in [0.05, 0.1) is 21.7 Å². The summed E-state index contributed by atoms with van der Waals surface area (Å²) in [6, 6.07) is 7.57. The van der Waals surface area contributed by atoms with Crippen LogP contribution in [-0.2, 0) is 19.7 Å². The molecule has 1 heterocycles. The second-order valence-corrected chi connectivity index (χ2v) is 10.1. The fourth-order valence-electron chi connectivity index (χ4n) is 2.76. The van der Waals surface area contributed by atoms with Crippen LogP contribution in [0.3, 0.4) is 0 Å². The summed E-state index contributed by atoms with van der Waals surface area (Å²) < 4.78 is 49.3. The first-order valence-electron chi connectivity index (χ1n) is 7.59. The van der Waals surface area contributed by atoms with Crippen molar-refractivity contribution in [2.45, 2.75) is 42.4 Å². The van der Waals surface area contributed by atoms with E-state index in [1.807, 2.05) is 0 Å². The van der Waals surface area contributed by atoms with Crippen LogP contribution in [0, 0.1) is 0 Å². The van der Waals surface area contributed by atoms with Crippen LogP contribution < -0.4 is 5.32 Å². The number of unbranched alkanes of at least 4 members (excludes halogenated alkanes) is 2. The normalized spacial score (nSPS) is 24.4. The maximum absolute atomic E-state index is 12.7. The van der Waals surface area contributed by atoms with Gasteiger partial charge in [-0.3, -0.25) is 0 Å². The van der Waals surface area contributed by atoms with Crippen LogP contribution in [0.2, 0.25) is 0 Å². The summed E-state index contributed by atoms with van der Waals surface area (Å²) in [7, 11) is -6.96. The number of benzene rings is 1. The smallest absolute Gasteiger partial charge is 0.183 e. The molecule has 1 saturated heterocycles. The van der Waals surface area contributed by atoms with E-state index < -0.39 is 31.0 Å². The van der Waals surface area contributed by atoms with Crippen molar-refractivity contribution in [1.82, 2.24) is 5.32 Å². The minimum Gasteiger partial charge on any atom is -0.312 e. The summed E-state index contributed by atoms with van der Waals surface area (Å²) in [6.45, 7) is 2.73. The molecule has 0 aromatic heterocycles. The van der Waals surface area contributed by atoms with Crippen LogP contribution in [0.1, 0.15) is 26.2 Å². The molecule has 1 fully saturated rings. The summed E-state index contributed by atoms with van der Waals surface area (Å²) in [4.78, 5) is 0.192. The Labute approximate surface area is 133 Å². The van der Waals surface area contributed by atoms with Gasteiger partial charge < -0.3 is 5.32 Å². The lowest BCUT2D eigenvalue weighted by Gasteiger charge is -2.20. The molecule has 1 aromatic carbocycles. The first-order valence-corrected chi connectivity index (χ1v) is 11.0. The highest BCUT2D eigenvalue weighted by atomic mass is 32.2. The third-order valence-electron chi connectivity index (χ3n) is 3.96. The van der Waals surface area contributed by atoms with Gasteiger partial charge in [-0.1, -0.05) is 38.0 Å². The van der Waals surface area contributed by atoms with E-state index in [0.717, 1.165) is 19.3 Å². The number of hydrogen-bond donors (Lipinski definition) is 1. The van der Waals surface area contributed by atoms with E-state index in [1.54, 1.807) is 18.2 Å². The molecule has 1 N–H and O–H groups in total. The van der Waals surface area contributed by atoms with E-state index in [4.69, 9.17) is 0 Å². The van der Waals surface area contributed by atoms with Gasteiger partial charge >= 0.3 is 0 Å². The Morgan fingerprint density at radius 3 is 2.45 bits per heavy atom. The van der Waals surface area contributed by atoms with Crippen molar-refractivity contribution >= 4 is 19.7 Å². The third-order valence-corrected chi connectivity index (χ3v) is 8.12. The first-order chi connectivity index (χ1) is 10.4. The third kappa shape index (κ3) is 4.08. The Hall–Kier alpha value is -0.920. The van der Waals surface area contributed by atoms with Crippen molar-refractivity contribution in [2.24, 2.45) is 0 Å². The molecular formula is C15H23NO4S2. The fraction of sp³-hybridized carbons (Fsp3) is 0.600. The maximum atomic E-state index is 12.7. The lowest BCUT2D eigenvalue weighted by atomic mass is 10.2. The fourth-order valence-corrected chi connectivity index (χ4v) is 7.50. The molecule has 0 saturated carbocycles. The highest BCUT2D eigenvalue weighted by Crippen LogP contribution is 2.25. The van der Waals surface area contributed by atoms with E-state index in [0.29, 0.717) is 6.54 Å². The molecule has 0 amide bonds. The molecule has 2 unspecified atom stereocenters. The van der Waals surface area contributed by atoms with E-state index >= 15 is 0 Å². The molecule has 124 valence electrons. The molecule has 22 heavy (non-hydrogen) atoms. The second kappa shape index (κ2) is 7.10. The summed E-state index contributed by atoms with van der Waals surface area (Å²) in [5.41, 5.74) is 0. The van der Waals surface area contributed by atoms with Gasteiger partial charge in [0.15, 0.2) is 19.7 Å². The van der Waals surface area contributed by atoms with Crippen LogP contribution in [-0.4, -0.2) is 46.2 Å². The van der Waals surface area contributed by atoms with E-state index in [2.05, 4.69) is 12.2 Å². The molecule has 1 aliphatic rings. The standard InChI is InChI=1S/C15H23NO4S2/c1-2-3-7-10-16-14-11-21(17,18)12-15(14)22(19,20)13-8-5-4-6-9-13/h4-6,8-9,14-16H,2-3,7,10-12H2,1H3. The van der Waals surface area contributed by atoms with Gasteiger partial charge in [0.2, 0.25) is 0 Å². The molecule has 7 heteroatoms. The van der Waals surface area contributed by atoms with Gasteiger partial charge in [0, 0.05) is 6.04 Å². The number of nitrogens with one attached hydrogen (secondary N) is 1. The Morgan fingerprint density at radius 1 is 1.14 bits per heavy atom. The highest BCUT2D eigenvalue weighted by molar-refractivity contribution is 7.96. The highest BCUT2D eigenvalue weighted by Gasteiger charge is 2.45. The van der Waals surface area contributed by atoms with Crippen molar-refractivity contribution in [3.8, 4) is 0 Å².